The molecule has 24 heavy (non-hydrogen) atoms. The topological polar surface area (TPSA) is 75.9 Å². The van der Waals surface area contributed by atoms with Gasteiger partial charge in [0.05, 0.1) is 6.04 Å². The van der Waals surface area contributed by atoms with Crippen molar-refractivity contribution in [3.63, 3.8) is 0 Å². The third-order valence-electron chi connectivity index (χ3n) is 4.09. The van der Waals surface area contributed by atoms with E-state index in [1.165, 1.54) is 0 Å². The predicted molar refractivity (Wildman–Crippen MR) is 90.2 cm³/mol. The van der Waals surface area contributed by atoms with Gasteiger partial charge in [-0.2, -0.15) is 0 Å². The molecule has 0 unspecified atom stereocenters. The summed E-state index contributed by atoms with van der Waals surface area (Å²) in [6.07, 6.45) is 4.15. The van der Waals surface area contributed by atoms with E-state index < -0.39 is 5.60 Å². The average Bonchev–Trinajstić information content (AvgIpc) is 2.87. The summed E-state index contributed by atoms with van der Waals surface area (Å²) in [5.41, 5.74) is 0.271. The number of carbonyl (C=O) groups excluding carboxylic acids is 1. The van der Waals surface area contributed by atoms with Gasteiger partial charge in [0.2, 0.25) is 5.65 Å². The Balaban J connectivity index is 1.69. The fourth-order valence-electron chi connectivity index (χ4n) is 2.68. The van der Waals surface area contributed by atoms with E-state index in [1.54, 1.807) is 18.1 Å². The van der Waals surface area contributed by atoms with Crippen molar-refractivity contribution in [3.8, 4) is 0 Å². The van der Waals surface area contributed by atoms with Gasteiger partial charge in [0, 0.05) is 39.0 Å². The van der Waals surface area contributed by atoms with Gasteiger partial charge in [-0.1, -0.05) is 6.92 Å². The molecule has 0 radical (unpaired) electrons. The van der Waals surface area contributed by atoms with Gasteiger partial charge in [-0.3, -0.25) is 4.40 Å². The van der Waals surface area contributed by atoms with Crippen LogP contribution in [0.3, 0.4) is 0 Å². The highest BCUT2D eigenvalue weighted by Gasteiger charge is 2.36. The van der Waals surface area contributed by atoms with Crippen LogP contribution in [0.5, 0.6) is 0 Å². The molecular formula is C16H24N6O2. The Kier molecular flexibility index (Phi) is 4.06. The monoisotopic (exact) mass is 332 g/mol. The zero-order valence-electron chi connectivity index (χ0n) is 14.9. The molecule has 0 atom stereocenters. The summed E-state index contributed by atoms with van der Waals surface area (Å²) in [4.78, 5) is 20.3. The first-order valence-corrected chi connectivity index (χ1v) is 8.19. The van der Waals surface area contributed by atoms with Gasteiger partial charge in [0.25, 0.3) is 0 Å². The third kappa shape index (κ3) is 3.00. The van der Waals surface area contributed by atoms with Crippen molar-refractivity contribution in [2.24, 2.45) is 0 Å². The Labute approximate surface area is 141 Å². The molecular weight excluding hydrogens is 308 g/mol. The molecule has 0 bridgehead atoms. The predicted octanol–water partition coefficient (Wildman–Crippen LogP) is 1.74. The summed E-state index contributed by atoms with van der Waals surface area (Å²) in [5, 5.41) is 8.45. The smallest absolute Gasteiger partial charge is 0.410 e. The number of hydrogen-bond acceptors (Lipinski definition) is 6. The second-order valence-electron chi connectivity index (χ2n) is 7.06. The van der Waals surface area contributed by atoms with Crippen LogP contribution in [0.25, 0.3) is 5.65 Å². The van der Waals surface area contributed by atoms with E-state index >= 15 is 0 Å². The number of fused-ring (bicyclic) bond motifs is 1. The lowest BCUT2D eigenvalue weighted by Crippen LogP contribution is -2.60. The molecule has 8 nitrogen and oxygen atoms in total. The van der Waals surface area contributed by atoms with Crippen LogP contribution < -0.4 is 4.90 Å². The lowest BCUT2D eigenvalue weighted by molar-refractivity contribution is 0.0196. The lowest BCUT2D eigenvalue weighted by atomic mass is 10.1. The number of likely N-dealkylation sites (N-methyl/N-ethyl adjacent to an activating group) is 1. The van der Waals surface area contributed by atoms with E-state index in [0.29, 0.717) is 13.1 Å². The van der Waals surface area contributed by atoms with Gasteiger partial charge in [-0.15, -0.1) is 10.2 Å². The van der Waals surface area contributed by atoms with E-state index in [2.05, 4.69) is 20.1 Å². The molecule has 2 aromatic rings. The van der Waals surface area contributed by atoms with Crippen molar-refractivity contribution >= 4 is 17.6 Å². The zero-order valence-corrected chi connectivity index (χ0v) is 14.9. The number of anilines is 1. The first-order valence-electron chi connectivity index (χ1n) is 8.19. The van der Waals surface area contributed by atoms with Gasteiger partial charge >= 0.3 is 6.09 Å². The fraction of sp³-hybridized carbons (Fsp3) is 0.625. The molecule has 8 heteroatoms. The minimum Gasteiger partial charge on any atom is -0.444 e. The molecule has 1 fully saturated rings. The maximum atomic E-state index is 12.1. The lowest BCUT2D eigenvalue weighted by Gasteiger charge is -2.44. The highest BCUT2D eigenvalue weighted by molar-refractivity contribution is 5.70. The first kappa shape index (κ1) is 16.5. The molecule has 3 heterocycles. The summed E-state index contributed by atoms with van der Waals surface area (Å²) < 4.78 is 7.38. The Hall–Kier alpha value is -2.38. The SMILES string of the molecule is CCc1nnc2c(N3CC(N(C)C(=O)OC(C)(C)C)C3)nccn12. The Morgan fingerprint density at radius 3 is 2.71 bits per heavy atom. The quantitative estimate of drug-likeness (QED) is 0.852. The molecule has 2 aromatic heterocycles. The van der Waals surface area contributed by atoms with Crippen molar-refractivity contribution in [2.75, 3.05) is 25.0 Å². The zero-order chi connectivity index (χ0) is 17.5. The van der Waals surface area contributed by atoms with Crippen molar-refractivity contribution in [1.29, 1.82) is 0 Å². The Bertz CT molecular complexity index is 745. The molecule has 1 amide bonds. The Morgan fingerprint density at radius 1 is 1.38 bits per heavy atom. The maximum absolute atomic E-state index is 12.1. The van der Waals surface area contributed by atoms with Crippen LogP contribution in [-0.4, -0.2) is 62.4 Å². The van der Waals surface area contributed by atoms with E-state index in [-0.39, 0.29) is 12.1 Å². The number of ether oxygens (including phenoxy) is 1. The van der Waals surface area contributed by atoms with Crippen LogP contribution in [0.15, 0.2) is 12.4 Å². The average molecular weight is 332 g/mol. The molecule has 0 saturated carbocycles. The number of rotatable bonds is 3. The second-order valence-corrected chi connectivity index (χ2v) is 7.06. The number of carbonyl (C=O) groups is 1. The number of nitrogens with zero attached hydrogens (tertiary/aromatic N) is 6. The minimum absolute atomic E-state index is 0.107. The van der Waals surface area contributed by atoms with Crippen molar-refractivity contribution in [3.05, 3.63) is 18.2 Å². The van der Waals surface area contributed by atoms with Gasteiger partial charge < -0.3 is 14.5 Å². The van der Waals surface area contributed by atoms with Gasteiger partial charge in [-0.25, -0.2) is 9.78 Å². The fourth-order valence-corrected chi connectivity index (χ4v) is 2.68. The van der Waals surface area contributed by atoms with Crippen LogP contribution in [0.1, 0.15) is 33.5 Å². The van der Waals surface area contributed by atoms with Gasteiger partial charge in [0.15, 0.2) is 5.82 Å². The largest absolute Gasteiger partial charge is 0.444 e. The highest BCUT2D eigenvalue weighted by atomic mass is 16.6. The molecule has 1 saturated heterocycles. The molecule has 1 aliphatic rings. The van der Waals surface area contributed by atoms with Gasteiger partial charge in [0.1, 0.15) is 11.4 Å². The highest BCUT2D eigenvalue weighted by Crippen LogP contribution is 2.25. The van der Waals surface area contributed by atoms with Crippen molar-refractivity contribution in [2.45, 2.75) is 45.8 Å². The summed E-state index contributed by atoms with van der Waals surface area (Å²) >= 11 is 0. The third-order valence-corrected chi connectivity index (χ3v) is 4.09. The van der Waals surface area contributed by atoms with Crippen LogP contribution in [0.2, 0.25) is 0 Å². The van der Waals surface area contributed by atoms with E-state index in [1.807, 2.05) is 38.3 Å². The Morgan fingerprint density at radius 2 is 2.08 bits per heavy atom. The maximum Gasteiger partial charge on any atom is 0.410 e. The molecule has 3 rings (SSSR count). The van der Waals surface area contributed by atoms with E-state index in [4.69, 9.17) is 4.74 Å². The molecule has 0 aromatic carbocycles. The normalized spacial score (nSPS) is 15.5. The summed E-state index contributed by atoms with van der Waals surface area (Å²) in [6, 6.07) is 0.107. The molecule has 0 spiro atoms. The minimum atomic E-state index is -0.486. The van der Waals surface area contributed by atoms with Crippen LogP contribution in [0, 0.1) is 0 Å². The van der Waals surface area contributed by atoms with Crippen LogP contribution >= 0.6 is 0 Å². The number of aryl methyl sites for hydroxylation is 1. The second kappa shape index (κ2) is 5.92. The van der Waals surface area contributed by atoms with Crippen molar-refractivity contribution in [1.82, 2.24) is 24.5 Å². The van der Waals surface area contributed by atoms with Crippen LogP contribution in [0.4, 0.5) is 10.6 Å². The number of amides is 1. The molecule has 130 valence electrons. The summed E-state index contributed by atoms with van der Waals surface area (Å²) in [6.45, 7) is 9.06. The van der Waals surface area contributed by atoms with E-state index in [0.717, 1.165) is 23.7 Å². The van der Waals surface area contributed by atoms with Gasteiger partial charge in [-0.05, 0) is 20.8 Å². The molecule has 0 aliphatic carbocycles. The molecule has 1 aliphatic heterocycles. The standard InChI is InChI=1S/C16H24N6O2/c1-6-12-18-19-14-13(17-7-8-22(12)14)21-9-11(10-21)20(5)15(23)24-16(2,3)4/h7-8,11H,6,9-10H2,1-5H3. The number of hydrogen-bond donors (Lipinski definition) is 0. The summed E-state index contributed by atoms with van der Waals surface area (Å²) in [5.74, 6) is 1.72. The first-order chi connectivity index (χ1) is 11.3. The summed E-state index contributed by atoms with van der Waals surface area (Å²) in [7, 11) is 1.77. The van der Waals surface area contributed by atoms with E-state index in [9.17, 15) is 4.79 Å². The number of aromatic nitrogens is 4. The molecule has 0 N–H and O–H groups in total. The van der Waals surface area contributed by atoms with Crippen LogP contribution in [-0.2, 0) is 11.2 Å². The van der Waals surface area contributed by atoms with Crippen molar-refractivity contribution < 1.29 is 9.53 Å².